The largest absolute Gasteiger partial charge is 0.387 e. The Labute approximate surface area is 54.9 Å². The zero-order valence-electron chi connectivity index (χ0n) is 5.00. The molecule has 0 aromatic rings. The quantitative estimate of drug-likeness (QED) is 0.393. The predicted molar refractivity (Wildman–Crippen MR) is 33.5 cm³/mol. The average molecular weight is 148 g/mol. The molecule has 0 heterocycles. The highest BCUT2D eigenvalue weighted by Gasteiger charge is 2.09. The van der Waals surface area contributed by atoms with Gasteiger partial charge in [-0.05, 0) is 0 Å². The highest BCUT2D eigenvalue weighted by molar-refractivity contribution is 6.24. The number of carbonyl (C=O) groups is 2. The molecule has 52 valence electrons. The number of aliphatic hydroxyl groups is 1. The normalized spacial score (nSPS) is 9.00. The number of hydrogen-bond donors (Lipinski definition) is 2. The summed E-state index contributed by atoms with van der Waals surface area (Å²) in [4.78, 5) is 20.5. The van der Waals surface area contributed by atoms with Gasteiger partial charge in [0.15, 0.2) is 0 Å². The smallest absolute Gasteiger partial charge is 0.312 e. The Kier molecular flexibility index (Phi) is 2.89. The van der Waals surface area contributed by atoms with Crippen LogP contribution in [0.25, 0.3) is 0 Å². The van der Waals surface area contributed by atoms with Gasteiger partial charge in [0.25, 0.3) is 0 Å². The highest BCUT2D eigenvalue weighted by Crippen LogP contribution is 1.79. The van der Waals surface area contributed by atoms with Crippen molar-refractivity contribution in [1.82, 2.24) is 4.57 Å². The van der Waals surface area contributed by atoms with Gasteiger partial charge in [0.2, 0.25) is 5.91 Å². The summed E-state index contributed by atoms with van der Waals surface area (Å²) >= 11 is 0. The minimum atomic E-state index is -0.805. The van der Waals surface area contributed by atoms with Crippen LogP contribution in [0, 0.1) is 0 Å². The minimum Gasteiger partial charge on any atom is -0.387 e. The van der Waals surface area contributed by atoms with Gasteiger partial charge in [-0.1, -0.05) is 0 Å². The molecule has 0 aromatic heterocycles. The Bertz CT molecular complexity index is 137. The molecule has 3 N–H and O–H groups in total. The van der Waals surface area contributed by atoms with Crippen LogP contribution in [0.1, 0.15) is 0 Å². The lowest BCUT2D eigenvalue weighted by atomic mass is 10.6. The molecular weight excluding hydrogens is 140 g/mol. The zero-order valence-corrected chi connectivity index (χ0v) is 7.00. The standard InChI is InChI=1S/C3H8N2O3Si/c4-3(8)5(9)2(7)1-6/h6H,1H2,9H3,(H2,4,8). The number of rotatable bonds is 1. The van der Waals surface area contributed by atoms with Crippen LogP contribution in [0.4, 0.5) is 4.79 Å². The summed E-state index contributed by atoms with van der Waals surface area (Å²) < 4.78 is 0.778. The van der Waals surface area contributed by atoms with Crippen molar-refractivity contribution >= 4 is 22.3 Å². The summed E-state index contributed by atoms with van der Waals surface area (Å²) in [7, 11) is 0.216. The van der Waals surface area contributed by atoms with Crippen LogP contribution >= 0.6 is 0 Å². The van der Waals surface area contributed by atoms with Crippen molar-refractivity contribution in [1.29, 1.82) is 0 Å². The van der Waals surface area contributed by atoms with Crippen molar-refractivity contribution in [2.24, 2.45) is 5.73 Å². The first-order valence-corrected chi connectivity index (χ1v) is 3.16. The first kappa shape index (κ1) is 8.12. The van der Waals surface area contributed by atoms with E-state index in [1.54, 1.807) is 0 Å². The number of urea groups is 1. The van der Waals surface area contributed by atoms with Crippen molar-refractivity contribution in [3.05, 3.63) is 0 Å². The number of amides is 3. The number of primary amides is 1. The van der Waals surface area contributed by atoms with E-state index in [1.807, 2.05) is 0 Å². The number of imide groups is 1. The predicted octanol–water partition coefficient (Wildman–Crippen LogP) is -2.83. The summed E-state index contributed by atoms with van der Waals surface area (Å²) in [6, 6.07) is -0.805. The van der Waals surface area contributed by atoms with Gasteiger partial charge in [0.05, 0.1) is 0 Å². The molecule has 0 aliphatic rings. The van der Waals surface area contributed by atoms with Crippen molar-refractivity contribution in [2.75, 3.05) is 6.61 Å². The molecule has 5 nitrogen and oxygen atoms in total. The average Bonchev–Trinajstić information content (AvgIpc) is 1.84. The van der Waals surface area contributed by atoms with Gasteiger partial charge in [-0.25, -0.2) is 4.79 Å². The molecule has 6 heteroatoms. The second-order valence-corrected chi connectivity index (χ2v) is 2.34. The lowest BCUT2D eigenvalue weighted by molar-refractivity contribution is -0.127. The fourth-order valence-corrected chi connectivity index (χ4v) is 0.370. The molecule has 0 rings (SSSR count). The Balaban J connectivity index is 3.88. The molecule has 0 aliphatic carbocycles. The summed E-state index contributed by atoms with van der Waals surface area (Å²) in [5.74, 6) is -0.644. The van der Waals surface area contributed by atoms with Crippen molar-refractivity contribution in [3.63, 3.8) is 0 Å². The van der Waals surface area contributed by atoms with Gasteiger partial charge in [-0.3, -0.25) is 4.79 Å². The lowest BCUT2D eigenvalue weighted by Crippen LogP contribution is -2.40. The molecule has 0 atom stereocenters. The highest BCUT2D eigenvalue weighted by atomic mass is 28.2. The second kappa shape index (κ2) is 3.20. The van der Waals surface area contributed by atoms with Crippen LogP contribution in [0.15, 0.2) is 0 Å². The van der Waals surface area contributed by atoms with Crippen LogP contribution < -0.4 is 5.73 Å². The molecule has 0 unspecified atom stereocenters. The van der Waals surface area contributed by atoms with Crippen LogP contribution in [-0.2, 0) is 4.79 Å². The molecule has 0 fully saturated rings. The number of carbonyl (C=O) groups excluding carboxylic acids is 2. The van der Waals surface area contributed by atoms with Gasteiger partial charge in [-0.2, -0.15) is 0 Å². The van der Waals surface area contributed by atoms with E-state index >= 15 is 0 Å². The van der Waals surface area contributed by atoms with Gasteiger partial charge >= 0.3 is 6.03 Å². The van der Waals surface area contributed by atoms with E-state index in [0.717, 1.165) is 4.57 Å². The molecule has 0 saturated heterocycles. The Hall–Kier alpha value is -0.883. The molecular formula is C3H8N2O3Si. The van der Waals surface area contributed by atoms with Crippen LogP contribution in [0.2, 0.25) is 0 Å². The summed E-state index contributed by atoms with van der Waals surface area (Å²) in [5, 5.41) is 8.18. The maximum atomic E-state index is 10.4. The number of hydrogen-bond acceptors (Lipinski definition) is 3. The van der Waals surface area contributed by atoms with Gasteiger partial charge in [0, 0.05) is 0 Å². The molecule has 0 spiro atoms. The SMILES string of the molecule is NC(=O)N([SiH3])C(=O)CO. The Morgan fingerprint density at radius 2 is 2.11 bits per heavy atom. The van der Waals surface area contributed by atoms with Crippen molar-refractivity contribution in [2.45, 2.75) is 0 Å². The van der Waals surface area contributed by atoms with Crippen LogP contribution in [0.3, 0.4) is 0 Å². The van der Waals surface area contributed by atoms with Gasteiger partial charge < -0.3 is 15.4 Å². The molecule has 3 amide bonds. The van der Waals surface area contributed by atoms with Crippen LogP contribution in [0.5, 0.6) is 0 Å². The Morgan fingerprint density at radius 3 is 2.22 bits per heavy atom. The van der Waals surface area contributed by atoms with E-state index in [-0.39, 0.29) is 10.4 Å². The molecule has 0 aliphatic heterocycles. The summed E-state index contributed by atoms with van der Waals surface area (Å²) in [5.41, 5.74) is 4.70. The summed E-state index contributed by atoms with van der Waals surface area (Å²) in [6.45, 7) is -0.660. The third-order valence-electron chi connectivity index (χ3n) is 0.840. The fraction of sp³-hybridized carbons (Fsp3) is 0.333. The van der Waals surface area contributed by atoms with Gasteiger partial charge in [0.1, 0.15) is 17.0 Å². The van der Waals surface area contributed by atoms with E-state index in [1.165, 1.54) is 0 Å². The van der Waals surface area contributed by atoms with Crippen molar-refractivity contribution < 1.29 is 14.7 Å². The lowest BCUT2D eigenvalue weighted by Gasteiger charge is -2.09. The zero-order chi connectivity index (χ0) is 7.44. The first-order chi connectivity index (χ1) is 4.09. The van der Waals surface area contributed by atoms with E-state index in [2.05, 4.69) is 0 Å². The van der Waals surface area contributed by atoms with E-state index < -0.39 is 18.5 Å². The molecule has 0 bridgehead atoms. The van der Waals surface area contributed by atoms with Crippen molar-refractivity contribution in [3.8, 4) is 0 Å². The van der Waals surface area contributed by atoms with E-state index in [0.29, 0.717) is 0 Å². The summed E-state index contributed by atoms with van der Waals surface area (Å²) in [6.07, 6.45) is 0. The third kappa shape index (κ3) is 2.24. The van der Waals surface area contributed by atoms with Gasteiger partial charge in [-0.15, -0.1) is 0 Å². The topological polar surface area (TPSA) is 83.6 Å². The molecule has 0 aromatic carbocycles. The first-order valence-electron chi connectivity index (χ1n) is 2.26. The Morgan fingerprint density at radius 1 is 1.67 bits per heavy atom. The monoisotopic (exact) mass is 148 g/mol. The minimum absolute atomic E-state index is 0.216. The number of nitrogens with two attached hydrogens (primary N) is 1. The number of aliphatic hydroxyl groups excluding tert-OH is 1. The molecule has 9 heavy (non-hydrogen) atoms. The second-order valence-electron chi connectivity index (χ2n) is 1.45. The maximum Gasteiger partial charge on any atom is 0.312 e. The molecule has 0 radical (unpaired) electrons. The van der Waals surface area contributed by atoms with E-state index in [4.69, 9.17) is 10.8 Å². The van der Waals surface area contributed by atoms with Crippen LogP contribution in [-0.4, -0.2) is 38.6 Å². The fourth-order valence-electron chi connectivity index (χ4n) is 0.229. The number of nitrogens with zero attached hydrogens (tertiary/aromatic N) is 1. The maximum absolute atomic E-state index is 10.4. The third-order valence-corrected chi connectivity index (χ3v) is 1.78. The molecule has 0 saturated carbocycles. The van der Waals surface area contributed by atoms with E-state index in [9.17, 15) is 9.59 Å².